The zero-order valence-corrected chi connectivity index (χ0v) is 16.2. The number of rotatable bonds is 7. The molecular formula is C16H19Br2NOS. The van der Waals surface area contributed by atoms with Crippen LogP contribution < -0.4 is 10.1 Å². The molecule has 1 aromatic carbocycles. The Morgan fingerprint density at radius 2 is 2.00 bits per heavy atom. The van der Waals surface area contributed by atoms with E-state index in [1.54, 1.807) is 11.3 Å². The number of hydrogen-bond acceptors (Lipinski definition) is 3. The predicted molar refractivity (Wildman–Crippen MR) is 97.2 cm³/mol. The highest BCUT2D eigenvalue weighted by molar-refractivity contribution is 9.10. The molecule has 0 bridgehead atoms. The Balaban J connectivity index is 2.12. The SMILES string of the molecule is CCCNCc1cc(Br)cc(C)c1OCc1cc(Br)cs1. The van der Waals surface area contributed by atoms with Crippen molar-refractivity contribution in [3.8, 4) is 5.75 Å². The highest BCUT2D eigenvalue weighted by Gasteiger charge is 2.10. The summed E-state index contributed by atoms with van der Waals surface area (Å²) in [7, 11) is 0. The van der Waals surface area contributed by atoms with Gasteiger partial charge in [-0.3, -0.25) is 0 Å². The second kappa shape index (κ2) is 8.32. The van der Waals surface area contributed by atoms with Crippen LogP contribution in [0.5, 0.6) is 5.75 Å². The van der Waals surface area contributed by atoms with Crippen LogP contribution in [0.25, 0.3) is 0 Å². The third kappa shape index (κ3) is 5.09. The van der Waals surface area contributed by atoms with Crippen LogP contribution in [0.2, 0.25) is 0 Å². The Bertz CT molecular complexity index is 598. The van der Waals surface area contributed by atoms with Gasteiger partial charge in [0, 0.05) is 31.3 Å². The normalized spacial score (nSPS) is 10.9. The van der Waals surface area contributed by atoms with Gasteiger partial charge in [0.2, 0.25) is 0 Å². The highest BCUT2D eigenvalue weighted by atomic mass is 79.9. The van der Waals surface area contributed by atoms with Crippen molar-refractivity contribution >= 4 is 43.2 Å². The maximum atomic E-state index is 6.08. The van der Waals surface area contributed by atoms with Gasteiger partial charge in [0.05, 0.1) is 0 Å². The number of hydrogen-bond donors (Lipinski definition) is 1. The van der Waals surface area contributed by atoms with Gasteiger partial charge < -0.3 is 10.1 Å². The first-order valence-electron chi connectivity index (χ1n) is 6.95. The van der Waals surface area contributed by atoms with Gasteiger partial charge in [-0.05, 0) is 59.6 Å². The summed E-state index contributed by atoms with van der Waals surface area (Å²) in [6, 6.07) is 6.34. The summed E-state index contributed by atoms with van der Waals surface area (Å²) in [5.74, 6) is 0.992. The van der Waals surface area contributed by atoms with Crippen molar-refractivity contribution in [1.82, 2.24) is 5.32 Å². The molecule has 0 radical (unpaired) electrons. The molecule has 0 aliphatic rings. The molecule has 0 atom stereocenters. The molecule has 1 N–H and O–H groups in total. The molecule has 114 valence electrons. The second-order valence-electron chi connectivity index (χ2n) is 4.91. The van der Waals surface area contributed by atoms with Crippen LogP contribution >= 0.6 is 43.2 Å². The summed E-state index contributed by atoms with van der Waals surface area (Å²) in [5, 5.41) is 5.52. The summed E-state index contributed by atoms with van der Waals surface area (Å²) in [6.45, 7) is 6.72. The van der Waals surface area contributed by atoms with Crippen LogP contribution in [-0.2, 0) is 13.2 Å². The molecule has 2 rings (SSSR count). The maximum Gasteiger partial charge on any atom is 0.127 e. The van der Waals surface area contributed by atoms with E-state index in [1.165, 1.54) is 10.4 Å². The summed E-state index contributed by atoms with van der Waals surface area (Å²) in [6.07, 6.45) is 1.13. The first-order valence-corrected chi connectivity index (χ1v) is 9.42. The van der Waals surface area contributed by atoms with Gasteiger partial charge in [-0.2, -0.15) is 0 Å². The molecule has 1 aromatic heterocycles. The minimum Gasteiger partial charge on any atom is -0.487 e. The average molecular weight is 433 g/mol. The third-order valence-electron chi connectivity index (χ3n) is 3.04. The largest absolute Gasteiger partial charge is 0.487 e. The number of ether oxygens (including phenoxy) is 1. The first-order chi connectivity index (χ1) is 10.1. The van der Waals surface area contributed by atoms with E-state index in [0.29, 0.717) is 6.61 Å². The first kappa shape index (κ1) is 17.0. The zero-order valence-electron chi connectivity index (χ0n) is 12.2. The van der Waals surface area contributed by atoms with E-state index in [2.05, 4.69) is 74.6 Å². The number of halogens is 2. The van der Waals surface area contributed by atoms with Crippen molar-refractivity contribution in [3.05, 3.63) is 48.5 Å². The molecule has 0 saturated heterocycles. The van der Waals surface area contributed by atoms with E-state index < -0.39 is 0 Å². The fourth-order valence-corrected chi connectivity index (χ4v) is 4.09. The van der Waals surface area contributed by atoms with Gasteiger partial charge in [0.25, 0.3) is 0 Å². The maximum absolute atomic E-state index is 6.08. The topological polar surface area (TPSA) is 21.3 Å². The van der Waals surface area contributed by atoms with Crippen LogP contribution in [0, 0.1) is 6.92 Å². The zero-order chi connectivity index (χ0) is 15.2. The molecule has 0 aliphatic heterocycles. The van der Waals surface area contributed by atoms with E-state index in [0.717, 1.165) is 39.8 Å². The number of thiophene rings is 1. The molecule has 2 aromatic rings. The van der Waals surface area contributed by atoms with Crippen LogP contribution in [-0.4, -0.2) is 6.54 Å². The van der Waals surface area contributed by atoms with Crippen molar-refractivity contribution in [1.29, 1.82) is 0 Å². The number of aryl methyl sites for hydroxylation is 1. The monoisotopic (exact) mass is 431 g/mol. The third-order valence-corrected chi connectivity index (χ3v) is 5.17. The van der Waals surface area contributed by atoms with Crippen LogP contribution in [0.3, 0.4) is 0 Å². The molecule has 5 heteroatoms. The summed E-state index contributed by atoms with van der Waals surface area (Å²) in [5.41, 5.74) is 2.36. The Morgan fingerprint density at radius 1 is 1.19 bits per heavy atom. The van der Waals surface area contributed by atoms with Gasteiger partial charge in [0.1, 0.15) is 12.4 Å². The average Bonchev–Trinajstić information content (AvgIpc) is 2.83. The molecule has 0 amide bonds. The van der Waals surface area contributed by atoms with Gasteiger partial charge in [-0.1, -0.05) is 22.9 Å². The highest BCUT2D eigenvalue weighted by Crippen LogP contribution is 2.30. The minimum absolute atomic E-state index is 0.611. The van der Waals surface area contributed by atoms with Gasteiger partial charge in [0.15, 0.2) is 0 Å². The predicted octanol–water partition coefficient (Wildman–Crippen LogP) is 5.66. The Hall–Kier alpha value is -0.360. The molecular weight excluding hydrogens is 414 g/mol. The lowest BCUT2D eigenvalue weighted by Crippen LogP contribution is -2.15. The standard InChI is InChI=1S/C16H19Br2NOS/c1-3-4-19-8-12-6-13(17)5-11(2)16(12)20-9-15-7-14(18)10-21-15/h5-7,10,19H,3-4,8-9H2,1-2H3. The molecule has 0 aliphatic carbocycles. The summed E-state index contributed by atoms with van der Waals surface area (Å²) < 4.78 is 8.29. The Labute approximate surface area is 147 Å². The van der Waals surface area contributed by atoms with Crippen molar-refractivity contribution in [2.24, 2.45) is 0 Å². The van der Waals surface area contributed by atoms with E-state index in [4.69, 9.17) is 4.74 Å². The van der Waals surface area contributed by atoms with E-state index in [9.17, 15) is 0 Å². The van der Waals surface area contributed by atoms with Crippen molar-refractivity contribution in [2.75, 3.05) is 6.54 Å². The van der Waals surface area contributed by atoms with E-state index >= 15 is 0 Å². The fourth-order valence-electron chi connectivity index (χ4n) is 2.11. The molecule has 1 heterocycles. The van der Waals surface area contributed by atoms with Crippen molar-refractivity contribution < 1.29 is 4.74 Å². The van der Waals surface area contributed by atoms with Crippen molar-refractivity contribution in [3.63, 3.8) is 0 Å². The lowest BCUT2D eigenvalue weighted by molar-refractivity contribution is 0.303. The van der Waals surface area contributed by atoms with Crippen LogP contribution in [0.1, 0.15) is 29.3 Å². The van der Waals surface area contributed by atoms with Gasteiger partial charge >= 0.3 is 0 Å². The lowest BCUT2D eigenvalue weighted by atomic mass is 10.1. The van der Waals surface area contributed by atoms with Crippen molar-refractivity contribution in [2.45, 2.75) is 33.4 Å². The quantitative estimate of drug-likeness (QED) is 0.569. The summed E-state index contributed by atoms with van der Waals surface area (Å²) in [4.78, 5) is 1.22. The number of nitrogens with one attached hydrogen (secondary N) is 1. The second-order valence-corrected chi connectivity index (χ2v) is 7.73. The molecule has 0 fully saturated rings. The van der Waals surface area contributed by atoms with Gasteiger partial charge in [-0.15, -0.1) is 11.3 Å². The van der Waals surface area contributed by atoms with E-state index in [1.807, 2.05) is 0 Å². The minimum atomic E-state index is 0.611. The van der Waals surface area contributed by atoms with Crippen LogP contribution in [0.15, 0.2) is 32.5 Å². The Morgan fingerprint density at radius 3 is 2.67 bits per heavy atom. The fraction of sp³-hybridized carbons (Fsp3) is 0.375. The summed E-state index contributed by atoms with van der Waals surface area (Å²) >= 11 is 8.75. The molecule has 0 spiro atoms. The molecule has 0 saturated carbocycles. The Kier molecular flexibility index (Phi) is 6.74. The molecule has 2 nitrogen and oxygen atoms in total. The molecule has 0 unspecified atom stereocenters. The smallest absolute Gasteiger partial charge is 0.127 e. The van der Waals surface area contributed by atoms with Crippen LogP contribution in [0.4, 0.5) is 0 Å². The number of benzene rings is 1. The van der Waals surface area contributed by atoms with Gasteiger partial charge in [-0.25, -0.2) is 0 Å². The molecule has 21 heavy (non-hydrogen) atoms. The lowest BCUT2D eigenvalue weighted by Gasteiger charge is -2.15. The van der Waals surface area contributed by atoms with E-state index in [-0.39, 0.29) is 0 Å².